The lowest BCUT2D eigenvalue weighted by Gasteiger charge is -2.20. The van der Waals surface area contributed by atoms with Gasteiger partial charge in [0.25, 0.3) is 0 Å². The first-order chi connectivity index (χ1) is 6.01. The van der Waals surface area contributed by atoms with Gasteiger partial charge in [0.15, 0.2) is 0 Å². The van der Waals surface area contributed by atoms with Crippen LogP contribution < -0.4 is 4.74 Å². The molecule has 3 heteroatoms. The Balaban J connectivity index is 2.86. The summed E-state index contributed by atoms with van der Waals surface area (Å²) in [5.41, 5.74) is 0.261. The summed E-state index contributed by atoms with van der Waals surface area (Å²) in [7, 11) is 0. The number of ether oxygens (including phenoxy) is 1. The first-order valence-electron chi connectivity index (χ1n) is 4.05. The van der Waals surface area contributed by atoms with Crippen LogP contribution in [0.4, 0.5) is 0 Å². The lowest BCUT2D eigenvalue weighted by Crippen LogP contribution is -2.23. The fourth-order valence-corrected chi connectivity index (χ4v) is 0.889. The SMILES string of the molecule is CC(C)(C)Oc1cncc(C#N)c1. The summed E-state index contributed by atoms with van der Waals surface area (Å²) in [5, 5.41) is 8.61. The van der Waals surface area contributed by atoms with Crippen molar-refractivity contribution in [3.05, 3.63) is 24.0 Å². The maximum Gasteiger partial charge on any atom is 0.139 e. The topological polar surface area (TPSA) is 45.9 Å². The summed E-state index contributed by atoms with van der Waals surface area (Å²) < 4.78 is 5.53. The summed E-state index contributed by atoms with van der Waals surface area (Å²) in [6, 6.07) is 3.69. The highest BCUT2D eigenvalue weighted by Gasteiger charge is 2.11. The van der Waals surface area contributed by atoms with Crippen LogP contribution in [0.5, 0.6) is 5.75 Å². The lowest BCUT2D eigenvalue weighted by atomic mass is 10.2. The van der Waals surface area contributed by atoms with E-state index >= 15 is 0 Å². The Hall–Kier alpha value is -1.56. The van der Waals surface area contributed by atoms with Crippen molar-refractivity contribution in [3.63, 3.8) is 0 Å². The van der Waals surface area contributed by atoms with Crippen LogP contribution in [0.3, 0.4) is 0 Å². The average Bonchev–Trinajstić information content (AvgIpc) is 2.01. The van der Waals surface area contributed by atoms with Crippen molar-refractivity contribution in [1.29, 1.82) is 5.26 Å². The predicted octanol–water partition coefficient (Wildman–Crippen LogP) is 2.13. The van der Waals surface area contributed by atoms with Gasteiger partial charge in [0.05, 0.1) is 11.8 Å². The maximum atomic E-state index is 8.61. The minimum absolute atomic E-state index is 0.254. The van der Waals surface area contributed by atoms with E-state index in [0.29, 0.717) is 11.3 Å². The molecule has 0 spiro atoms. The Morgan fingerprint density at radius 2 is 2.08 bits per heavy atom. The van der Waals surface area contributed by atoms with E-state index in [-0.39, 0.29) is 5.60 Å². The maximum absolute atomic E-state index is 8.61. The summed E-state index contributed by atoms with van der Waals surface area (Å²) in [6.07, 6.45) is 3.11. The smallest absolute Gasteiger partial charge is 0.139 e. The average molecular weight is 176 g/mol. The highest BCUT2D eigenvalue weighted by atomic mass is 16.5. The summed E-state index contributed by atoms with van der Waals surface area (Å²) in [6.45, 7) is 5.85. The summed E-state index contributed by atoms with van der Waals surface area (Å²) >= 11 is 0. The molecule has 0 N–H and O–H groups in total. The lowest BCUT2D eigenvalue weighted by molar-refractivity contribution is 0.130. The molecule has 68 valence electrons. The van der Waals surface area contributed by atoms with E-state index in [4.69, 9.17) is 10.00 Å². The zero-order valence-corrected chi connectivity index (χ0v) is 8.03. The molecule has 1 heterocycles. The normalized spacial score (nSPS) is 10.6. The molecule has 0 fully saturated rings. The van der Waals surface area contributed by atoms with Crippen LogP contribution in [0, 0.1) is 11.3 Å². The van der Waals surface area contributed by atoms with E-state index in [1.54, 1.807) is 12.3 Å². The minimum Gasteiger partial charge on any atom is -0.486 e. The monoisotopic (exact) mass is 176 g/mol. The Labute approximate surface area is 78.0 Å². The second-order valence-corrected chi connectivity index (χ2v) is 3.74. The Kier molecular flexibility index (Phi) is 2.52. The number of nitriles is 1. The van der Waals surface area contributed by atoms with Gasteiger partial charge in [-0.15, -0.1) is 0 Å². The fourth-order valence-electron chi connectivity index (χ4n) is 0.889. The molecule has 0 radical (unpaired) electrons. The zero-order valence-electron chi connectivity index (χ0n) is 8.03. The van der Waals surface area contributed by atoms with Gasteiger partial charge in [-0.05, 0) is 20.8 Å². The number of hydrogen-bond acceptors (Lipinski definition) is 3. The van der Waals surface area contributed by atoms with E-state index in [2.05, 4.69) is 4.98 Å². The Morgan fingerprint density at radius 3 is 2.62 bits per heavy atom. The van der Waals surface area contributed by atoms with Crippen molar-refractivity contribution < 1.29 is 4.74 Å². The van der Waals surface area contributed by atoms with Crippen LogP contribution in [-0.4, -0.2) is 10.6 Å². The van der Waals surface area contributed by atoms with Crippen molar-refractivity contribution in [3.8, 4) is 11.8 Å². The van der Waals surface area contributed by atoms with Crippen molar-refractivity contribution in [2.24, 2.45) is 0 Å². The highest BCUT2D eigenvalue weighted by molar-refractivity contribution is 5.32. The molecular weight excluding hydrogens is 164 g/mol. The molecule has 0 bridgehead atoms. The summed E-state index contributed by atoms with van der Waals surface area (Å²) in [5.74, 6) is 0.631. The second kappa shape index (κ2) is 3.44. The van der Waals surface area contributed by atoms with Crippen molar-refractivity contribution in [2.75, 3.05) is 0 Å². The molecule has 3 nitrogen and oxygen atoms in total. The van der Waals surface area contributed by atoms with E-state index in [9.17, 15) is 0 Å². The van der Waals surface area contributed by atoms with Gasteiger partial charge < -0.3 is 4.74 Å². The van der Waals surface area contributed by atoms with Crippen LogP contribution in [0.25, 0.3) is 0 Å². The zero-order chi connectivity index (χ0) is 9.90. The van der Waals surface area contributed by atoms with Gasteiger partial charge in [-0.3, -0.25) is 4.98 Å². The number of rotatable bonds is 1. The molecule has 1 aromatic heterocycles. The van der Waals surface area contributed by atoms with E-state index in [1.807, 2.05) is 26.8 Å². The molecule has 1 aromatic rings. The second-order valence-electron chi connectivity index (χ2n) is 3.74. The van der Waals surface area contributed by atoms with Crippen LogP contribution in [0.15, 0.2) is 18.5 Å². The van der Waals surface area contributed by atoms with Crippen LogP contribution in [0.1, 0.15) is 26.3 Å². The third-order valence-corrected chi connectivity index (χ3v) is 1.27. The van der Waals surface area contributed by atoms with Crippen LogP contribution in [0.2, 0.25) is 0 Å². The van der Waals surface area contributed by atoms with Crippen molar-refractivity contribution >= 4 is 0 Å². The van der Waals surface area contributed by atoms with E-state index < -0.39 is 0 Å². The molecule has 1 rings (SSSR count). The van der Waals surface area contributed by atoms with Gasteiger partial charge in [0.2, 0.25) is 0 Å². The number of aromatic nitrogens is 1. The molecule has 0 atom stereocenters. The fraction of sp³-hybridized carbons (Fsp3) is 0.400. The Morgan fingerprint density at radius 1 is 1.38 bits per heavy atom. The quantitative estimate of drug-likeness (QED) is 0.658. The van der Waals surface area contributed by atoms with Gasteiger partial charge in [-0.2, -0.15) is 5.26 Å². The van der Waals surface area contributed by atoms with Gasteiger partial charge >= 0.3 is 0 Å². The number of hydrogen-bond donors (Lipinski definition) is 0. The van der Waals surface area contributed by atoms with Crippen molar-refractivity contribution in [2.45, 2.75) is 26.4 Å². The van der Waals surface area contributed by atoms with Gasteiger partial charge in [0, 0.05) is 12.3 Å². The standard InChI is InChI=1S/C10H12N2O/c1-10(2,3)13-9-4-8(5-11)6-12-7-9/h4,6-7H,1-3H3. The van der Waals surface area contributed by atoms with Gasteiger partial charge in [-0.1, -0.05) is 0 Å². The van der Waals surface area contributed by atoms with Gasteiger partial charge in [-0.25, -0.2) is 0 Å². The van der Waals surface area contributed by atoms with Crippen LogP contribution in [-0.2, 0) is 0 Å². The Bertz CT molecular complexity index is 334. The first kappa shape index (κ1) is 9.53. The van der Waals surface area contributed by atoms with Crippen LogP contribution >= 0.6 is 0 Å². The molecule has 0 saturated heterocycles. The number of nitrogens with zero attached hydrogens (tertiary/aromatic N) is 2. The molecule has 0 amide bonds. The number of pyridine rings is 1. The molecule has 0 unspecified atom stereocenters. The molecule has 0 saturated carbocycles. The molecular formula is C10H12N2O. The predicted molar refractivity (Wildman–Crippen MR) is 49.3 cm³/mol. The minimum atomic E-state index is -0.254. The molecule has 0 aliphatic rings. The first-order valence-corrected chi connectivity index (χ1v) is 4.05. The van der Waals surface area contributed by atoms with E-state index in [0.717, 1.165) is 0 Å². The summed E-state index contributed by atoms with van der Waals surface area (Å²) in [4.78, 5) is 3.89. The van der Waals surface area contributed by atoms with E-state index in [1.165, 1.54) is 6.20 Å². The largest absolute Gasteiger partial charge is 0.486 e. The molecule has 0 aliphatic heterocycles. The highest BCUT2D eigenvalue weighted by Crippen LogP contribution is 2.17. The molecule has 0 aliphatic carbocycles. The molecule has 0 aromatic carbocycles. The third-order valence-electron chi connectivity index (χ3n) is 1.27. The third kappa shape index (κ3) is 3.12. The molecule has 13 heavy (non-hydrogen) atoms. The van der Waals surface area contributed by atoms with Gasteiger partial charge in [0.1, 0.15) is 17.4 Å². The van der Waals surface area contributed by atoms with Crippen molar-refractivity contribution in [1.82, 2.24) is 4.98 Å².